The number of hydrogen-bond acceptors (Lipinski definition) is 2. The molecule has 0 aromatic heterocycles. The number of nitrogens with two attached hydrogens (primary N) is 1. The zero-order valence-electron chi connectivity index (χ0n) is 11.9. The van der Waals surface area contributed by atoms with Crippen molar-refractivity contribution in [2.75, 3.05) is 24.5 Å². The minimum atomic E-state index is 0.404. The van der Waals surface area contributed by atoms with Gasteiger partial charge in [-0.15, -0.1) is 0 Å². The van der Waals surface area contributed by atoms with E-state index in [0.717, 1.165) is 26.1 Å². The monoisotopic (exact) mass is 246 g/mol. The molecule has 0 spiro atoms. The van der Waals surface area contributed by atoms with Gasteiger partial charge in [-0.3, -0.25) is 0 Å². The second-order valence-electron chi connectivity index (χ2n) is 6.59. The summed E-state index contributed by atoms with van der Waals surface area (Å²) in [4.78, 5) is 2.54. The summed E-state index contributed by atoms with van der Waals surface area (Å²) in [5, 5.41) is 0. The lowest BCUT2D eigenvalue weighted by Gasteiger charge is -2.25. The molecule has 2 N–H and O–H groups in total. The normalized spacial score (nSPS) is 19.1. The zero-order chi connectivity index (χ0) is 13.2. The lowest BCUT2D eigenvalue weighted by atomic mass is 9.92. The van der Waals surface area contributed by atoms with Gasteiger partial charge in [0.1, 0.15) is 0 Å². The van der Waals surface area contributed by atoms with E-state index in [9.17, 15) is 0 Å². The van der Waals surface area contributed by atoms with Crippen molar-refractivity contribution in [1.29, 1.82) is 0 Å². The van der Waals surface area contributed by atoms with Crippen LogP contribution in [-0.4, -0.2) is 19.6 Å². The summed E-state index contributed by atoms with van der Waals surface area (Å²) in [5.74, 6) is 0.631. The Balaban J connectivity index is 2.10. The lowest BCUT2D eigenvalue weighted by molar-refractivity contribution is 0.378. The van der Waals surface area contributed by atoms with E-state index in [1.165, 1.54) is 17.7 Å². The van der Waals surface area contributed by atoms with E-state index in [1.807, 2.05) is 0 Å². The van der Waals surface area contributed by atoms with Gasteiger partial charge in [0.25, 0.3) is 0 Å². The molecule has 1 aromatic rings. The van der Waals surface area contributed by atoms with Gasteiger partial charge in [0.2, 0.25) is 0 Å². The van der Waals surface area contributed by atoms with Crippen LogP contribution < -0.4 is 10.6 Å². The van der Waals surface area contributed by atoms with Crippen molar-refractivity contribution in [3.8, 4) is 0 Å². The van der Waals surface area contributed by atoms with Crippen LogP contribution in [0.2, 0.25) is 0 Å². The van der Waals surface area contributed by atoms with E-state index < -0.39 is 0 Å². The van der Waals surface area contributed by atoms with Crippen molar-refractivity contribution in [2.24, 2.45) is 11.1 Å². The molecular weight excluding hydrogens is 220 g/mol. The van der Waals surface area contributed by atoms with Crippen LogP contribution >= 0.6 is 0 Å². The minimum Gasteiger partial charge on any atom is -0.371 e. The molecule has 0 fully saturated rings. The van der Waals surface area contributed by atoms with E-state index in [2.05, 4.69) is 49.9 Å². The van der Waals surface area contributed by atoms with Gasteiger partial charge in [-0.25, -0.2) is 0 Å². The Kier molecular flexibility index (Phi) is 3.96. The Morgan fingerprint density at radius 1 is 1.28 bits per heavy atom. The topological polar surface area (TPSA) is 29.3 Å². The number of para-hydroxylation sites is 1. The number of nitrogens with zero attached hydrogens (tertiary/aromatic N) is 1. The lowest BCUT2D eigenvalue weighted by Crippen LogP contribution is -2.26. The fraction of sp³-hybridized carbons (Fsp3) is 0.625. The Hall–Kier alpha value is -1.02. The van der Waals surface area contributed by atoms with Crippen molar-refractivity contribution >= 4 is 5.69 Å². The molecule has 1 atom stereocenters. The first kappa shape index (κ1) is 13.4. The maximum absolute atomic E-state index is 5.74. The van der Waals surface area contributed by atoms with Gasteiger partial charge >= 0.3 is 0 Å². The number of anilines is 1. The quantitative estimate of drug-likeness (QED) is 0.882. The van der Waals surface area contributed by atoms with Crippen molar-refractivity contribution in [3.05, 3.63) is 29.8 Å². The molecule has 1 aromatic carbocycles. The fourth-order valence-electron chi connectivity index (χ4n) is 2.71. The van der Waals surface area contributed by atoms with Crippen molar-refractivity contribution in [1.82, 2.24) is 0 Å². The van der Waals surface area contributed by atoms with Gasteiger partial charge in [0.05, 0.1) is 0 Å². The maximum atomic E-state index is 5.74. The van der Waals surface area contributed by atoms with Crippen LogP contribution in [0.15, 0.2) is 24.3 Å². The van der Waals surface area contributed by atoms with Gasteiger partial charge in [-0.2, -0.15) is 0 Å². The number of benzene rings is 1. The molecule has 0 saturated carbocycles. The number of hydrogen-bond donors (Lipinski definition) is 1. The first-order chi connectivity index (χ1) is 8.51. The Labute approximate surface area is 111 Å². The molecule has 0 bridgehead atoms. The SMILES string of the molecule is CC(C)(C)CCN1CC(CCN)c2ccccc21. The smallest absolute Gasteiger partial charge is 0.0402 e. The molecule has 2 rings (SSSR count). The Morgan fingerprint density at radius 3 is 2.67 bits per heavy atom. The molecule has 1 aliphatic heterocycles. The van der Waals surface area contributed by atoms with E-state index in [4.69, 9.17) is 5.73 Å². The minimum absolute atomic E-state index is 0.404. The van der Waals surface area contributed by atoms with Gasteiger partial charge < -0.3 is 10.6 Å². The second kappa shape index (κ2) is 5.31. The van der Waals surface area contributed by atoms with Crippen LogP contribution in [0.4, 0.5) is 5.69 Å². The van der Waals surface area contributed by atoms with Gasteiger partial charge in [0, 0.05) is 24.7 Å². The highest BCUT2D eigenvalue weighted by atomic mass is 15.2. The molecule has 100 valence electrons. The molecule has 2 nitrogen and oxygen atoms in total. The van der Waals surface area contributed by atoms with Gasteiger partial charge in [-0.05, 0) is 36.4 Å². The van der Waals surface area contributed by atoms with Crippen molar-refractivity contribution in [3.63, 3.8) is 0 Å². The number of fused-ring (bicyclic) bond motifs is 1. The molecule has 1 aliphatic rings. The van der Waals surface area contributed by atoms with Crippen LogP contribution in [0, 0.1) is 5.41 Å². The molecule has 0 aliphatic carbocycles. The highest BCUT2D eigenvalue weighted by Crippen LogP contribution is 2.38. The molecule has 0 amide bonds. The molecule has 18 heavy (non-hydrogen) atoms. The summed E-state index contributed by atoms with van der Waals surface area (Å²) in [5.41, 5.74) is 9.07. The summed E-state index contributed by atoms with van der Waals surface area (Å²) < 4.78 is 0. The molecule has 0 saturated heterocycles. The Bertz CT molecular complexity index is 392. The van der Waals surface area contributed by atoms with Crippen LogP contribution in [0.5, 0.6) is 0 Å². The van der Waals surface area contributed by atoms with E-state index in [0.29, 0.717) is 11.3 Å². The highest BCUT2D eigenvalue weighted by Gasteiger charge is 2.27. The summed E-state index contributed by atoms with van der Waals surface area (Å²) in [6.45, 7) is 10.0. The van der Waals surface area contributed by atoms with E-state index in [1.54, 1.807) is 0 Å². The first-order valence-electron chi connectivity index (χ1n) is 7.05. The predicted molar refractivity (Wildman–Crippen MR) is 79.1 cm³/mol. The van der Waals surface area contributed by atoms with Crippen LogP contribution in [0.1, 0.15) is 45.1 Å². The van der Waals surface area contributed by atoms with Crippen molar-refractivity contribution < 1.29 is 0 Å². The summed E-state index contributed by atoms with van der Waals surface area (Å²) in [6, 6.07) is 8.82. The molecule has 2 heteroatoms. The molecule has 0 radical (unpaired) electrons. The molecule has 1 heterocycles. The van der Waals surface area contributed by atoms with Gasteiger partial charge in [-0.1, -0.05) is 39.0 Å². The molecular formula is C16H26N2. The first-order valence-corrected chi connectivity index (χ1v) is 7.05. The third-order valence-corrected chi connectivity index (χ3v) is 3.80. The third-order valence-electron chi connectivity index (χ3n) is 3.80. The summed E-state index contributed by atoms with van der Waals surface area (Å²) in [6.07, 6.45) is 2.33. The van der Waals surface area contributed by atoms with Crippen LogP contribution in [0.3, 0.4) is 0 Å². The third kappa shape index (κ3) is 3.05. The second-order valence-corrected chi connectivity index (χ2v) is 6.59. The standard InChI is InChI=1S/C16H26N2/c1-16(2,3)9-11-18-12-13(8-10-17)14-6-4-5-7-15(14)18/h4-7,13H,8-12,17H2,1-3H3. The molecule has 1 unspecified atom stereocenters. The Morgan fingerprint density at radius 2 is 2.00 bits per heavy atom. The fourth-order valence-corrected chi connectivity index (χ4v) is 2.71. The van der Waals surface area contributed by atoms with Crippen LogP contribution in [0.25, 0.3) is 0 Å². The maximum Gasteiger partial charge on any atom is 0.0402 e. The van der Waals surface area contributed by atoms with E-state index >= 15 is 0 Å². The summed E-state index contributed by atoms with van der Waals surface area (Å²) >= 11 is 0. The van der Waals surface area contributed by atoms with E-state index in [-0.39, 0.29) is 0 Å². The summed E-state index contributed by atoms with van der Waals surface area (Å²) in [7, 11) is 0. The average Bonchev–Trinajstić information content (AvgIpc) is 2.65. The average molecular weight is 246 g/mol. The van der Waals surface area contributed by atoms with Crippen LogP contribution in [-0.2, 0) is 0 Å². The van der Waals surface area contributed by atoms with Crippen molar-refractivity contribution in [2.45, 2.75) is 39.5 Å². The van der Waals surface area contributed by atoms with Gasteiger partial charge in [0.15, 0.2) is 0 Å². The highest BCUT2D eigenvalue weighted by molar-refractivity contribution is 5.60. The number of rotatable bonds is 4. The zero-order valence-corrected chi connectivity index (χ0v) is 11.9. The predicted octanol–water partition coefficient (Wildman–Crippen LogP) is 3.38. The largest absolute Gasteiger partial charge is 0.371 e.